The van der Waals surface area contributed by atoms with E-state index in [1.165, 1.54) is 38.6 Å². The lowest BCUT2D eigenvalue weighted by atomic mass is 9.90. The van der Waals surface area contributed by atoms with Crippen LogP contribution in [0.15, 0.2) is 54.9 Å². The molecule has 1 aromatic carbocycles. The van der Waals surface area contributed by atoms with Gasteiger partial charge >= 0.3 is 18.4 Å². The van der Waals surface area contributed by atoms with Crippen LogP contribution in [-0.4, -0.2) is 51.4 Å². The van der Waals surface area contributed by atoms with Gasteiger partial charge in [0.1, 0.15) is 17.0 Å². The highest BCUT2D eigenvalue weighted by Crippen LogP contribution is 2.50. The van der Waals surface area contributed by atoms with Crippen molar-refractivity contribution in [2.75, 3.05) is 7.11 Å². The minimum Gasteiger partial charge on any atom is -0.481 e. The van der Waals surface area contributed by atoms with Gasteiger partial charge in [0.25, 0.3) is 11.5 Å². The maximum Gasteiger partial charge on any atom is 0.430 e. The Labute approximate surface area is 241 Å². The van der Waals surface area contributed by atoms with Crippen molar-refractivity contribution in [3.63, 3.8) is 0 Å². The first-order chi connectivity index (χ1) is 20.0. The van der Waals surface area contributed by atoms with Crippen molar-refractivity contribution in [1.29, 1.82) is 0 Å². The molecule has 0 bridgehead atoms. The molecule has 3 heterocycles. The summed E-state index contributed by atoms with van der Waals surface area (Å²) in [6.07, 6.45) is -9.00. The number of hydrogen-bond acceptors (Lipinski definition) is 7. The van der Waals surface area contributed by atoms with E-state index in [-0.39, 0.29) is 35.7 Å². The largest absolute Gasteiger partial charge is 0.481 e. The highest BCUT2D eigenvalue weighted by atomic mass is 19.4. The number of aromatic nitrogens is 2. The number of halogens is 6. The molecule has 1 aliphatic heterocycles. The SMILES string of the molecule is CCCc1cc(C(O)(C(F)(F)F)C(F)(F)F)ccc1Oc1ccc(CN2C(=O)NC(C)(c3ccc(OC)nc3)C2=O)nc1. The number of urea groups is 1. The molecule has 0 spiro atoms. The molecule has 4 rings (SSSR count). The average Bonchev–Trinajstić information content (AvgIpc) is 3.17. The second-order valence-electron chi connectivity index (χ2n) is 9.90. The van der Waals surface area contributed by atoms with Crippen LogP contribution in [0, 0.1) is 0 Å². The molecule has 15 heteroatoms. The van der Waals surface area contributed by atoms with E-state index < -0.39 is 41.0 Å². The molecule has 3 amide bonds. The molecule has 3 aromatic rings. The van der Waals surface area contributed by atoms with Crippen molar-refractivity contribution in [2.45, 2.75) is 56.7 Å². The van der Waals surface area contributed by atoms with Gasteiger partial charge in [0.05, 0.1) is 25.5 Å². The second kappa shape index (κ2) is 11.4. The number of rotatable bonds is 9. The number of pyridine rings is 2. The number of methoxy groups -OCH3 is 1. The molecule has 1 unspecified atom stereocenters. The Morgan fingerprint density at radius 2 is 1.67 bits per heavy atom. The summed E-state index contributed by atoms with van der Waals surface area (Å²) in [6, 6.07) is 7.39. The van der Waals surface area contributed by atoms with Crippen LogP contribution in [0.2, 0.25) is 0 Å². The van der Waals surface area contributed by atoms with Crippen LogP contribution >= 0.6 is 0 Å². The van der Waals surface area contributed by atoms with Crippen molar-refractivity contribution in [3.05, 3.63) is 77.2 Å². The van der Waals surface area contributed by atoms with Gasteiger partial charge in [-0.2, -0.15) is 26.3 Å². The number of carbonyl (C=O) groups is 2. The summed E-state index contributed by atoms with van der Waals surface area (Å²) in [7, 11) is 1.44. The van der Waals surface area contributed by atoms with E-state index in [1.807, 2.05) is 0 Å². The molecule has 1 atom stereocenters. The van der Waals surface area contributed by atoms with Crippen molar-refractivity contribution in [3.8, 4) is 17.4 Å². The summed E-state index contributed by atoms with van der Waals surface area (Å²) in [6.45, 7) is 3.00. The molecular formula is C28H26F6N4O5. The predicted octanol–water partition coefficient (Wildman–Crippen LogP) is 5.51. The van der Waals surface area contributed by atoms with Crippen molar-refractivity contribution in [2.24, 2.45) is 0 Å². The minimum atomic E-state index is -6.02. The number of ether oxygens (including phenoxy) is 2. The zero-order chi connectivity index (χ0) is 31.8. The van der Waals surface area contributed by atoms with E-state index in [1.54, 1.807) is 19.1 Å². The number of imide groups is 1. The lowest BCUT2D eigenvalue weighted by Crippen LogP contribution is -2.53. The number of benzene rings is 1. The summed E-state index contributed by atoms with van der Waals surface area (Å²) < 4.78 is 91.0. The third kappa shape index (κ3) is 5.81. The summed E-state index contributed by atoms with van der Waals surface area (Å²) in [5, 5.41) is 12.4. The summed E-state index contributed by atoms with van der Waals surface area (Å²) in [4.78, 5) is 35.1. The van der Waals surface area contributed by atoms with E-state index in [0.29, 0.717) is 30.0 Å². The smallest absolute Gasteiger partial charge is 0.430 e. The zero-order valence-electron chi connectivity index (χ0n) is 23.0. The molecule has 2 N–H and O–H groups in total. The average molecular weight is 613 g/mol. The number of nitrogens with one attached hydrogen (secondary N) is 1. The molecule has 1 aliphatic rings. The van der Waals surface area contributed by atoms with Gasteiger partial charge < -0.3 is 19.9 Å². The normalized spacial score (nSPS) is 17.7. The van der Waals surface area contributed by atoms with Crippen LogP contribution in [0.25, 0.3) is 0 Å². The fourth-order valence-corrected chi connectivity index (χ4v) is 4.54. The minimum absolute atomic E-state index is 0.00245. The fourth-order valence-electron chi connectivity index (χ4n) is 4.54. The lowest BCUT2D eigenvalue weighted by molar-refractivity contribution is -0.376. The third-order valence-corrected chi connectivity index (χ3v) is 6.96. The maximum absolute atomic E-state index is 13.4. The molecule has 230 valence electrons. The van der Waals surface area contributed by atoms with Gasteiger partial charge in [0.15, 0.2) is 0 Å². The number of alkyl halides is 6. The van der Waals surface area contributed by atoms with Crippen molar-refractivity contribution in [1.82, 2.24) is 20.2 Å². The lowest BCUT2D eigenvalue weighted by Gasteiger charge is -2.33. The molecule has 1 saturated heterocycles. The van der Waals surface area contributed by atoms with Gasteiger partial charge in [0, 0.05) is 23.4 Å². The number of aliphatic hydroxyl groups is 1. The Hall–Kier alpha value is -4.40. The van der Waals surface area contributed by atoms with Gasteiger partial charge in [0.2, 0.25) is 5.88 Å². The number of amides is 3. The standard InChI is InChI=1S/C28H26F6N4O5/c1-4-5-16-12-17(26(41,27(29,30)31)28(32,33)34)6-10-21(16)43-20-9-8-19(35-14-20)15-38-23(39)25(2,37-24(38)40)18-7-11-22(42-3)36-13-18/h6-14,41H,4-5,15H2,1-3H3,(H,37,40). The summed E-state index contributed by atoms with van der Waals surface area (Å²) >= 11 is 0. The molecular weight excluding hydrogens is 586 g/mol. The highest BCUT2D eigenvalue weighted by Gasteiger charge is 2.71. The van der Waals surface area contributed by atoms with Gasteiger partial charge in [-0.25, -0.2) is 9.78 Å². The van der Waals surface area contributed by atoms with Gasteiger partial charge in [-0.1, -0.05) is 19.4 Å². The molecule has 0 saturated carbocycles. The van der Waals surface area contributed by atoms with E-state index in [0.717, 1.165) is 11.0 Å². The van der Waals surface area contributed by atoms with Crippen LogP contribution in [0.4, 0.5) is 31.1 Å². The molecule has 2 aromatic heterocycles. The number of carbonyl (C=O) groups excluding carboxylic acids is 2. The Balaban J connectivity index is 1.53. The zero-order valence-corrected chi connectivity index (χ0v) is 23.0. The van der Waals surface area contributed by atoms with E-state index in [9.17, 15) is 41.0 Å². The van der Waals surface area contributed by atoms with Crippen LogP contribution in [-0.2, 0) is 28.9 Å². The topological polar surface area (TPSA) is 114 Å². The maximum atomic E-state index is 13.4. The Bertz CT molecular complexity index is 1480. The van der Waals surface area contributed by atoms with E-state index in [2.05, 4.69) is 15.3 Å². The third-order valence-electron chi connectivity index (χ3n) is 6.96. The highest BCUT2D eigenvalue weighted by molar-refractivity contribution is 6.07. The summed E-state index contributed by atoms with van der Waals surface area (Å²) in [5.74, 6) is -0.171. The monoisotopic (exact) mass is 612 g/mol. The number of aryl methyl sites for hydroxylation is 1. The molecule has 1 fully saturated rings. The first kappa shape index (κ1) is 31.5. The second-order valence-corrected chi connectivity index (χ2v) is 9.90. The number of nitrogens with zero attached hydrogens (tertiary/aromatic N) is 3. The van der Waals surface area contributed by atoms with Crippen molar-refractivity contribution < 1.29 is 50.5 Å². The summed E-state index contributed by atoms with van der Waals surface area (Å²) in [5.41, 5.74) is -7.11. The Morgan fingerprint density at radius 1 is 0.977 bits per heavy atom. The predicted molar refractivity (Wildman–Crippen MR) is 138 cm³/mol. The molecule has 9 nitrogen and oxygen atoms in total. The first-order valence-electron chi connectivity index (χ1n) is 12.8. The van der Waals surface area contributed by atoms with Gasteiger partial charge in [-0.3, -0.25) is 14.7 Å². The van der Waals surface area contributed by atoms with Crippen LogP contribution in [0.1, 0.15) is 42.7 Å². The fraction of sp³-hybridized carbons (Fsp3) is 0.357. The Morgan fingerprint density at radius 3 is 2.21 bits per heavy atom. The van der Waals surface area contributed by atoms with Crippen LogP contribution < -0.4 is 14.8 Å². The van der Waals surface area contributed by atoms with E-state index in [4.69, 9.17) is 9.47 Å². The molecule has 0 radical (unpaired) electrons. The Kier molecular flexibility index (Phi) is 8.33. The van der Waals surface area contributed by atoms with Gasteiger partial charge in [-0.05, 0) is 49.2 Å². The van der Waals surface area contributed by atoms with Gasteiger partial charge in [-0.15, -0.1) is 0 Å². The molecule has 43 heavy (non-hydrogen) atoms. The quantitative estimate of drug-likeness (QED) is 0.242. The van der Waals surface area contributed by atoms with E-state index >= 15 is 0 Å². The van der Waals surface area contributed by atoms with Crippen molar-refractivity contribution >= 4 is 11.9 Å². The number of hydrogen-bond donors (Lipinski definition) is 2. The van der Waals surface area contributed by atoms with Crippen LogP contribution in [0.5, 0.6) is 17.4 Å². The molecule has 0 aliphatic carbocycles. The first-order valence-corrected chi connectivity index (χ1v) is 12.8. The van der Waals surface area contributed by atoms with Crippen LogP contribution in [0.3, 0.4) is 0 Å².